The van der Waals surface area contributed by atoms with Crippen LogP contribution in [0.4, 0.5) is 13.2 Å². The lowest BCUT2D eigenvalue weighted by Crippen LogP contribution is -2.21. The fraction of sp³-hybridized carbons (Fsp3) is 0.455. The van der Waals surface area contributed by atoms with E-state index in [0.717, 1.165) is 0 Å². The summed E-state index contributed by atoms with van der Waals surface area (Å²) in [5, 5.41) is 0. The average molecular weight is 326 g/mol. The van der Waals surface area contributed by atoms with E-state index in [1.807, 2.05) is 0 Å². The number of nitrogens with two attached hydrogens (primary N) is 1. The van der Waals surface area contributed by atoms with Crippen molar-refractivity contribution in [2.75, 3.05) is 13.2 Å². The van der Waals surface area contributed by atoms with Crippen LogP contribution in [0.25, 0.3) is 0 Å². The van der Waals surface area contributed by atoms with Gasteiger partial charge in [-0.15, -0.1) is 0 Å². The highest BCUT2D eigenvalue weighted by Crippen LogP contribution is 2.40. The molecule has 0 aliphatic carbocycles. The maximum absolute atomic E-state index is 12.3. The van der Waals surface area contributed by atoms with Gasteiger partial charge in [0.2, 0.25) is 0 Å². The van der Waals surface area contributed by atoms with Crippen molar-refractivity contribution in [1.29, 1.82) is 0 Å². The zero-order chi connectivity index (χ0) is 13.3. The van der Waals surface area contributed by atoms with Crippen LogP contribution in [0.3, 0.4) is 0 Å². The lowest BCUT2D eigenvalue weighted by molar-refractivity contribution is -0.138. The second-order valence-corrected chi connectivity index (χ2v) is 4.81. The summed E-state index contributed by atoms with van der Waals surface area (Å²) in [4.78, 5) is 0. The molecule has 0 fully saturated rings. The highest BCUT2D eigenvalue weighted by molar-refractivity contribution is 9.10. The summed E-state index contributed by atoms with van der Waals surface area (Å²) in [5.41, 5.74) is 5.91. The van der Waals surface area contributed by atoms with Crippen LogP contribution in [0.15, 0.2) is 16.6 Å². The van der Waals surface area contributed by atoms with Gasteiger partial charge in [-0.1, -0.05) is 0 Å². The van der Waals surface area contributed by atoms with Crippen LogP contribution in [0.5, 0.6) is 11.5 Å². The number of rotatable bonds is 2. The first-order valence-electron chi connectivity index (χ1n) is 5.28. The van der Waals surface area contributed by atoms with Crippen LogP contribution < -0.4 is 15.2 Å². The molecule has 0 spiro atoms. The summed E-state index contributed by atoms with van der Waals surface area (Å²) in [6, 6.07) is 1.91. The molecule has 0 radical (unpaired) electrons. The molecular formula is C11H11BrF3NO2. The molecule has 1 unspecified atom stereocenters. The Balaban J connectivity index is 2.26. The van der Waals surface area contributed by atoms with E-state index in [2.05, 4.69) is 15.9 Å². The van der Waals surface area contributed by atoms with E-state index < -0.39 is 18.6 Å². The SMILES string of the molecule is NC(CC(F)(F)F)c1cc(Br)c2c(c1)OCCO2. The van der Waals surface area contributed by atoms with Gasteiger partial charge in [0.05, 0.1) is 10.9 Å². The van der Waals surface area contributed by atoms with Crippen molar-refractivity contribution in [3.05, 3.63) is 22.2 Å². The molecule has 7 heteroatoms. The predicted molar refractivity (Wildman–Crippen MR) is 62.7 cm³/mol. The largest absolute Gasteiger partial charge is 0.486 e. The smallest absolute Gasteiger partial charge is 0.390 e. The van der Waals surface area contributed by atoms with Gasteiger partial charge >= 0.3 is 6.18 Å². The monoisotopic (exact) mass is 325 g/mol. The Labute approximate surface area is 110 Å². The zero-order valence-electron chi connectivity index (χ0n) is 9.26. The van der Waals surface area contributed by atoms with Gasteiger partial charge in [0.25, 0.3) is 0 Å². The first-order valence-corrected chi connectivity index (χ1v) is 6.07. The Hall–Kier alpha value is -0.950. The molecule has 3 nitrogen and oxygen atoms in total. The third-order valence-electron chi connectivity index (χ3n) is 2.50. The Bertz CT molecular complexity index is 451. The first kappa shape index (κ1) is 13.5. The number of hydrogen-bond donors (Lipinski definition) is 1. The Morgan fingerprint density at radius 2 is 1.94 bits per heavy atom. The minimum absolute atomic E-state index is 0.364. The van der Waals surface area contributed by atoms with Crippen molar-refractivity contribution >= 4 is 15.9 Å². The molecule has 1 heterocycles. The fourth-order valence-electron chi connectivity index (χ4n) is 1.71. The minimum atomic E-state index is -4.29. The maximum Gasteiger partial charge on any atom is 0.390 e. The molecule has 2 N–H and O–H groups in total. The van der Waals surface area contributed by atoms with Crippen molar-refractivity contribution < 1.29 is 22.6 Å². The molecule has 2 rings (SSSR count). The van der Waals surface area contributed by atoms with Crippen LogP contribution in [-0.4, -0.2) is 19.4 Å². The molecule has 0 amide bonds. The second-order valence-electron chi connectivity index (χ2n) is 3.95. The molecule has 100 valence electrons. The van der Waals surface area contributed by atoms with E-state index in [0.29, 0.717) is 34.7 Å². The van der Waals surface area contributed by atoms with Gasteiger partial charge in [0, 0.05) is 6.04 Å². The van der Waals surface area contributed by atoms with Gasteiger partial charge < -0.3 is 15.2 Å². The lowest BCUT2D eigenvalue weighted by Gasteiger charge is -2.22. The summed E-state index contributed by atoms with van der Waals surface area (Å²) < 4.78 is 48.1. The molecular weight excluding hydrogens is 315 g/mol. The van der Waals surface area contributed by atoms with Crippen LogP contribution in [-0.2, 0) is 0 Å². The van der Waals surface area contributed by atoms with Crippen molar-refractivity contribution in [2.45, 2.75) is 18.6 Å². The molecule has 0 bridgehead atoms. The highest BCUT2D eigenvalue weighted by Gasteiger charge is 2.31. The topological polar surface area (TPSA) is 44.5 Å². The first-order chi connectivity index (χ1) is 8.37. The van der Waals surface area contributed by atoms with E-state index in [1.165, 1.54) is 12.1 Å². The number of benzene rings is 1. The molecule has 1 aromatic rings. The van der Waals surface area contributed by atoms with E-state index in [-0.39, 0.29) is 0 Å². The summed E-state index contributed by atoms with van der Waals surface area (Å²) in [6.07, 6.45) is -5.36. The van der Waals surface area contributed by atoms with Gasteiger partial charge in [-0.2, -0.15) is 13.2 Å². The number of halogens is 4. The van der Waals surface area contributed by atoms with Gasteiger partial charge in [0.15, 0.2) is 11.5 Å². The Morgan fingerprint density at radius 3 is 2.61 bits per heavy atom. The molecule has 1 aliphatic heterocycles. The Morgan fingerprint density at radius 1 is 1.28 bits per heavy atom. The Kier molecular flexibility index (Phi) is 3.72. The van der Waals surface area contributed by atoms with E-state index in [1.54, 1.807) is 0 Å². The number of ether oxygens (including phenoxy) is 2. The molecule has 0 saturated carbocycles. The molecule has 1 atom stereocenters. The second kappa shape index (κ2) is 4.97. The van der Waals surface area contributed by atoms with Crippen LogP contribution in [0.2, 0.25) is 0 Å². The maximum atomic E-state index is 12.3. The molecule has 18 heavy (non-hydrogen) atoms. The standard InChI is InChI=1S/C11H11BrF3NO2/c12-7-3-6(8(16)5-11(13,14)15)4-9-10(7)18-2-1-17-9/h3-4,8H,1-2,5,16H2. The van der Waals surface area contributed by atoms with E-state index >= 15 is 0 Å². The minimum Gasteiger partial charge on any atom is -0.486 e. The molecule has 1 aromatic carbocycles. The highest BCUT2D eigenvalue weighted by atomic mass is 79.9. The van der Waals surface area contributed by atoms with Crippen molar-refractivity contribution in [3.8, 4) is 11.5 Å². The number of alkyl halides is 3. The average Bonchev–Trinajstić information content (AvgIpc) is 2.26. The summed E-state index contributed by atoms with van der Waals surface area (Å²) >= 11 is 3.24. The van der Waals surface area contributed by atoms with E-state index in [9.17, 15) is 13.2 Å². The molecule has 1 aliphatic rings. The third-order valence-corrected chi connectivity index (χ3v) is 3.09. The normalized spacial score (nSPS) is 16.5. The predicted octanol–water partition coefficient (Wildman–Crippen LogP) is 3.17. The van der Waals surface area contributed by atoms with Crippen LogP contribution in [0, 0.1) is 0 Å². The lowest BCUT2D eigenvalue weighted by atomic mass is 10.0. The fourth-order valence-corrected chi connectivity index (χ4v) is 2.29. The zero-order valence-corrected chi connectivity index (χ0v) is 10.8. The third kappa shape index (κ3) is 3.08. The van der Waals surface area contributed by atoms with Crippen LogP contribution >= 0.6 is 15.9 Å². The van der Waals surface area contributed by atoms with Crippen molar-refractivity contribution in [1.82, 2.24) is 0 Å². The summed E-state index contributed by atoms with van der Waals surface area (Å²) in [5.74, 6) is 0.924. The summed E-state index contributed by atoms with van der Waals surface area (Å²) in [7, 11) is 0. The van der Waals surface area contributed by atoms with Crippen molar-refractivity contribution in [2.24, 2.45) is 5.73 Å². The molecule has 0 aromatic heterocycles. The number of fused-ring (bicyclic) bond motifs is 1. The van der Waals surface area contributed by atoms with Gasteiger partial charge in [-0.25, -0.2) is 0 Å². The van der Waals surface area contributed by atoms with E-state index in [4.69, 9.17) is 15.2 Å². The quantitative estimate of drug-likeness (QED) is 0.908. The summed E-state index contributed by atoms with van der Waals surface area (Å²) in [6.45, 7) is 0.789. The molecule has 0 saturated heterocycles. The van der Waals surface area contributed by atoms with Gasteiger partial charge in [-0.05, 0) is 33.6 Å². The van der Waals surface area contributed by atoms with Crippen LogP contribution in [0.1, 0.15) is 18.0 Å². The number of hydrogen-bond acceptors (Lipinski definition) is 3. The van der Waals surface area contributed by atoms with Gasteiger partial charge in [0.1, 0.15) is 13.2 Å². The van der Waals surface area contributed by atoms with Gasteiger partial charge in [-0.3, -0.25) is 0 Å². The van der Waals surface area contributed by atoms with Crippen molar-refractivity contribution in [3.63, 3.8) is 0 Å².